The summed E-state index contributed by atoms with van der Waals surface area (Å²) in [5.41, 5.74) is 5.62. The number of carbonyl (C=O) groups excluding carboxylic acids is 1. The minimum atomic E-state index is -0.488. The highest BCUT2D eigenvalue weighted by Gasteiger charge is 2.15. The van der Waals surface area contributed by atoms with Crippen molar-refractivity contribution in [2.45, 2.75) is 13.3 Å². The zero-order valence-corrected chi connectivity index (χ0v) is 12.0. The molecule has 1 aromatic rings. The molecule has 0 atom stereocenters. The van der Waals surface area contributed by atoms with E-state index in [2.05, 4.69) is 21.1 Å². The van der Waals surface area contributed by atoms with Gasteiger partial charge in [-0.2, -0.15) is 0 Å². The molecule has 104 valence electrons. The van der Waals surface area contributed by atoms with Crippen LogP contribution in [0, 0.1) is 5.82 Å². The number of nitrogens with two attached hydrogens (primary N) is 1. The fourth-order valence-electron chi connectivity index (χ4n) is 1.51. The Bertz CT molecular complexity index is 494. The monoisotopic (exact) mass is 331 g/mol. The van der Waals surface area contributed by atoms with E-state index in [4.69, 9.17) is 10.9 Å². The standard InChI is InChI=1S/C12H15BrFN3O2/c1-2-17(6-5-11(15)16-19)12(18)8-3-4-9(13)10(14)7-8/h3-4,7,19H,2,5-6H2,1H3,(H2,15,16). The Kier molecular flexibility index (Phi) is 5.75. The number of halogens is 2. The maximum absolute atomic E-state index is 13.4. The summed E-state index contributed by atoms with van der Waals surface area (Å²) in [5, 5.41) is 11.3. The van der Waals surface area contributed by atoms with Gasteiger partial charge in [-0.3, -0.25) is 4.79 Å². The average molecular weight is 332 g/mol. The zero-order valence-electron chi connectivity index (χ0n) is 10.4. The molecule has 7 heteroatoms. The molecule has 0 heterocycles. The number of rotatable bonds is 5. The third-order valence-corrected chi connectivity index (χ3v) is 3.24. The molecule has 0 aliphatic carbocycles. The first kappa shape index (κ1) is 15.4. The summed E-state index contributed by atoms with van der Waals surface area (Å²) in [4.78, 5) is 13.6. The lowest BCUT2D eigenvalue weighted by atomic mass is 10.2. The number of oxime groups is 1. The first-order valence-electron chi connectivity index (χ1n) is 5.70. The smallest absolute Gasteiger partial charge is 0.253 e. The highest BCUT2D eigenvalue weighted by atomic mass is 79.9. The molecular formula is C12H15BrFN3O2. The van der Waals surface area contributed by atoms with Gasteiger partial charge in [0.05, 0.1) is 4.47 Å². The van der Waals surface area contributed by atoms with Gasteiger partial charge in [0.25, 0.3) is 5.91 Å². The van der Waals surface area contributed by atoms with Gasteiger partial charge in [-0.05, 0) is 41.1 Å². The van der Waals surface area contributed by atoms with Gasteiger partial charge in [0.15, 0.2) is 0 Å². The number of nitrogens with zero attached hydrogens (tertiary/aromatic N) is 2. The zero-order chi connectivity index (χ0) is 14.4. The molecule has 5 nitrogen and oxygen atoms in total. The van der Waals surface area contributed by atoms with Gasteiger partial charge in [0, 0.05) is 25.1 Å². The van der Waals surface area contributed by atoms with E-state index >= 15 is 0 Å². The van der Waals surface area contributed by atoms with E-state index in [0.717, 1.165) is 0 Å². The minimum absolute atomic E-state index is 0.0493. The van der Waals surface area contributed by atoms with Gasteiger partial charge < -0.3 is 15.8 Å². The van der Waals surface area contributed by atoms with Crippen molar-refractivity contribution in [3.8, 4) is 0 Å². The van der Waals surface area contributed by atoms with E-state index < -0.39 is 5.82 Å². The third-order valence-electron chi connectivity index (χ3n) is 2.60. The molecule has 1 aromatic carbocycles. The molecule has 0 saturated heterocycles. The van der Waals surface area contributed by atoms with Crippen LogP contribution in [-0.2, 0) is 0 Å². The third kappa shape index (κ3) is 4.20. The van der Waals surface area contributed by atoms with E-state index in [9.17, 15) is 9.18 Å². The van der Waals surface area contributed by atoms with Crippen molar-refractivity contribution in [2.24, 2.45) is 10.9 Å². The first-order valence-corrected chi connectivity index (χ1v) is 6.49. The highest BCUT2D eigenvalue weighted by Crippen LogP contribution is 2.17. The van der Waals surface area contributed by atoms with Crippen LogP contribution in [-0.4, -0.2) is 34.9 Å². The number of hydrogen-bond donors (Lipinski definition) is 2. The largest absolute Gasteiger partial charge is 0.409 e. The van der Waals surface area contributed by atoms with Gasteiger partial charge in [-0.1, -0.05) is 5.16 Å². The van der Waals surface area contributed by atoms with Gasteiger partial charge in [0.2, 0.25) is 0 Å². The summed E-state index contributed by atoms with van der Waals surface area (Å²) in [6.07, 6.45) is 0.259. The normalized spacial score (nSPS) is 11.4. The van der Waals surface area contributed by atoms with E-state index in [1.165, 1.54) is 17.0 Å². The fourth-order valence-corrected chi connectivity index (χ4v) is 1.76. The minimum Gasteiger partial charge on any atom is -0.409 e. The molecule has 0 fully saturated rings. The molecule has 0 aliphatic rings. The molecule has 0 spiro atoms. The molecule has 0 radical (unpaired) electrons. The van der Waals surface area contributed by atoms with E-state index in [1.54, 1.807) is 13.0 Å². The summed E-state index contributed by atoms with van der Waals surface area (Å²) in [6, 6.07) is 4.21. The maximum atomic E-state index is 13.4. The van der Waals surface area contributed by atoms with Crippen molar-refractivity contribution < 1.29 is 14.4 Å². The number of amidine groups is 1. The van der Waals surface area contributed by atoms with Crippen LogP contribution in [0.2, 0.25) is 0 Å². The summed E-state index contributed by atoms with van der Waals surface area (Å²) in [6.45, 7) is 2.57. The molecule has 1 rings (SSSR count). The van der Waals surface area contributed by atoms with Crippen molar-refractivity contribution in [3.63, 3.8) is 0 Å². The summed E-state index contributed by atoms with van der Waals surface area (Å²) >= 11 is 3.03. The lowest BCUT2D eigenvalue weighted by Crippen LogP contribution is -2.34. The first-order chi connectivity index (χ1) is 8.99. The van der Waals surface area contributed by atoms with Crippen LogP contribution in [0.5, 0.6) is 0 Å². The topological polar surface area (TPSA) is 78.9 Å². The van der Waals surface area contributed by atoms with Gasteiger partial charge in [0.1, 0.15) is 11.7 Å². The Balaban J connectivity index is 2.80. The maximum Gasteiger partial charge on any atom is 0.253 e. The second kappa shape index (κ2) is 7.08. The summed E-state index contributed by atoms with van der Waals surface area (Å²) in [7, 11) is 0. The number of carbonyl (C=O) groups is 1. The molecule has 19 heavy (non-hydrogen) atoms. The lowest BCUT2D eigenvalue weighted by molar-refractivity contribution is 0.0768. The molecule has 0 bridgehead atoms. The van der Waals surface area contributed by atoms with Crippen LogP contribution in [0.3, 0.4) is 0 Å². The summed E-state index contributed by atoms with van der Waals surface area (Å²) in [5.74, 6) is -0.730. The molecule has 0 aliphatic heterocycles. The van der Waals surface area contributed by atoms with Crippen LogP contribution >= 0.6 is 15.9 Å². The molecule has 1 amide bonds. The van der Waals surface area contributed by atoms with Crippen LogP contribution < -0.4 is 5.73 Å². The van der Waals surface area contributed by atoms with Gasteiger partial charge in [-0.25, -0.2) is 4.39 Å². The van der Waals surface area contributed by atoms with E-state index in [1.807, 2.05) is 0 Å². The SMILES string of the molecule is CCN(CCC(N)=NO)C(=O)c1ccc(Br)c(F)c1. The molecule has 3 N–H and O–H groups in total. The van der Waals surface area contributed by atoms with Crippen LogP contribution in [0.25, 0.3) is 0 Å². The molecular weight excluding hydrogens is 317 g/mol. The Labute approximate surface area is 119 Å². The quantitative estimate of drug-likeness (QED) is 0.375. The van der Waals surface area contributed by atoms with Gasteiger partial charge in [-0.15, -0.1) is 0 Å². The van der Waals surface area contributed by atoms with Crippen LogP contribution in [0.4, 0.5) is 4.39 Å². The second-order valence-electron chi connectivity index (χ2n) is 3.86. The highest BCUT2D eigenvalue weighted by molar-refractivity contribution is 9.10. The molecule has 0 saturated carbocycles. The number of hydrogen-bond acceptors (Lipinski definition) is 3. The molecule has 0 unspecified atom stereocenters. The number of amides is 1. The summed E-state index contributed by atoms with van der Waals surface area (Å²) < 4.78 is 13.7. The lowest BCUT2D eigenvalue weighted by Gasteiger charge is -2.20. The number of benzene rings is 1. The van der Waals surface area contributed by atoms with Crippen LogP contribution in [0.1, 0.15) is 23.7 Å². The van der Waals surface area contributed by atoms with Crippen molar-refractivity contribution in [1.82, 2.24) is 4.90 Å². The predicted octanol–water partition coefficient (Wildman–Crippen LogP) is 2.19. The van der Waals surface area contributed by atoms with Crippen molar-refractivity contribution in [3.05, 3.63) is 34.1 Å². The van der Waals surface area contributed by atoms with Crippen molar-refractivity contribution >= 4 is 27.7 Å². The van der Waals surface area contributed by atoms with E-state index in [-0.39, 0.29) is 23.7 Å². The Morgan fingerprint density at radius 3 is 2.79 bits per heavy atom. The van der Waals surface area contributed by atoms with Crippen molar-refractivity contribution in [2.75, 3.05) is 13.1 Å². The fraction of sp³-hybridized carbons (Fsp3) is 0.333. The average Bonchev–Trinajstić information content (AvgIpc) is 2.41. The Morgan fingerprint density at radius 2 is 2.26 bits per heavy atom. The second-order valence-corrected chi connectivity index (χ2v) is 4.71. The van der Waals surface area contributed by atoms with Crippen LogP contribution in [0.15, 0.2) is 27.8 Å². The predicted molar refractivity (Wildman–Crippen MR) is 73.7 cm³/mol. The Morgan fingerprint density at radius 1 is 1.58 bits per heavy atom. The van der Waals surface area contributed by atoms with E-state index in [0.29, 0.717) is 17.6 Å². The van der Waals surface area contributed by atoms with Gasteiger partial charge >= 0.3 is 0 Å². The van der Waals surface area contributed by atoms with Crippen molar-refractivity contribution in [1.29, 1.82) is 0 Å². The molecule has 0 aromatic heterocycles. The Hall–Kier alpha value is -1.63.